The lowest BCUT2D eigenvalue weighted by Gasteiger charge is -2.38. The van der Waals surface area contributed by atoms with Crippen molar-refractivity contribution in [2.45, 2.75) is 53.0 Å². The van der Waals surface area contributed by atoms with Crippen LogP contribution in [-0.4, -0.2) is 28.0 Å². The third kappa shape index (κ3) is 3.77. The predicted molar refractivity (Wildman–Crippen MR) is 111 cm³/mol. The van der Waals surface area contributed by atoms with E-state index in [4.69, 9.17) is 10.7 Å². The lowest BCUT2D eigenvalue weighted by molar-refractivity contribution is 0.239. The number of benzene rings is 1. The highest BCUT2D eigenvalue weighted by atomic mass is 15.1. The number of hydrogen-bond acceptors (Lipinski definition) is 4. The number of allylic oxidation sites excluding steroid dienone is 1. The van der Waals surface area contributed by atoms with Gasteiger partial charge in [0.05, 0.1) is 5.69 Å². The van der Waals surface area contributed by atoms with E-state index >= 15 is 0 Å². The van der Waals surface area contributed by atoms with Crippen LogP contribution in [0.15, 0.2) is 41.6 Å². The highest BCUT2D eigenvalue weighted by molar-refractivity contribution is 5.58. The molecule has 4 nitrogen and oxygen atoms in total. The SMILES string of the molecule is CC1=C(CN2CCc3nc(-c4ccc(N)cc4)ncc3C2)C(C)(C)CCC1. The minimum atomic E-state index is 0.331. The van der Waals surface area contributed by atoms with Gasteiger partial charge in [-0.1, -0.05) is 25.0 Å². The standard InChI is InChI=1S/C23H30N4/c1-16-5-4-11-23(2,3)20(16)15-27-12-10-21-18(14-27)13-25-22(26-21)17-6-8-19(24)9-7-17/h6-9,13H,4-5,10-12,14-15,24H2,1-3H3. The Bertz CT molecular complexity index is 864. The molecule has 0 saturated carbocycles. The fraction of sp³-hybridized carbons (Fsp3) is 0.478. The number of aromatic nitrogens is 2. The van der Waals surface area contributed by atoms with E-state index in [1.165, 1.54) is 30.5 Å². The van der Waals surface area contributed by atoms with Gasteiger partial charge in [-0.05, 0) is 55.9 Å². The molecule has 0 saturated heterocycles. The summed E-state index contributed by atoms with van der Waals surface area (Å²) < 4.78 is 0. The van der Waals surface area contributed by atoms with E-state index in [0.29, 0.717) is 5.41 Å². The first kappa shape index (κ1) is 18.2. The molecule has 0 amide bonds. The van der Waals surface area contributed by atoms with Crippen LogP contribution in [0.5, 0.6) is 0 Å². The second-order valence-corrected chi connectivity index (χ2v) is 8.74. The maximum absolute atomic E-state index is 5.79. The van der Waals surface area contributed by atoms with Gasteiger partial charge in [0.1, 0.15) is 0 Å². The molecule has 2 aromatic rings. The summed E-state index contributed by atoms with van der Waals surface area (Å²) in [6.45, 7) is 10.2. The van der Waals surface area contributed by atoms with Crippen LogP contribution in [0.4, 0.5) is 5.69 Å². The number of hydrogen-bond donors (Lipinski definition) is 1. The van der Waals surface area contributed by atoms with Crippen molar-refractivity contribution in [3.63, 3.8) is 0 Å². The van der Waals surface area contributed by atoms with E-state index in [1.807, 2.05) is 30.5 Å². The van der Waals surface area contributed by atoms with Crippen molar-refractivity contribution in [2.24, 2.45) is 5.41 Å². The molecule has 1 aliphatic carbocycles. The molecule has 1 aliphatic heterocycles. The monoisotopic (exact) mass is 362 g/mol. The lowest BCUT2D eigenvalue weighted by Crippen LogP contribution is -2.36. The predicted octanol–water partition coefficient (Wildman–Crippen LogP) is 4.61. The summed E-state index contributed by atoms with van der Waals surface area (Å²) in [6.07, 6.45) is 6.91. The summed E-state index contributed by atoms with van der Waals surface area (Å²) in [6, 6.07) is 7.79. The Morgan fingerprint density at radius 1 is 1.15 bits per heavy atom. The maximum Gasteiger partial charge on any atom is 0.159 e. The Hall–Kier alpha value is -2.20. The van der Waals surface area contributed by atoms with Gasteiger partial charge in [-0.2, -0.15) is 0 Å². The maximum atomic E-state index is 5.79. The van der Waals surface area contributed by atoms with E-state index in [2.05, 4.69) is 30.7 Å². The van der Waals surface area contributed by atoms with E-state index in [0.717, 1.165) is 43.1 Å². The molecular weight excluding hydrogens is 332 g/mol. The smallest absolute Gasteiger partial charge is 0.159 e. The second-order valence-electron chi connectivity index (χ2n) is 8.74. The normalized spacial score (nSPS) is 19.8. The number of nitrogen functional groups attached to an aromatic ring is 1. The number of nitrogens with two attached hydrogens (primary N) is 1. The zero-order valence-corrected chi connectivity index (χ0v) is 16.8. The fourth-order valence-electron chi connectivity index (χ4n) is 4.53. The molecule has 142 valence electrons. The Morgan fingerprint density at radius 2 is 1.93 bits per heavy atom. The number of fused-ring (bicyclic) bond motifs is 1. The third-order valence-electron chi connectivity index (χ3n) is 6.25. The van der Waals surface area contributed by atoms with Gasteiger partial charge in [0.2, 0.25) is 0 Å². The van der Waals surface area contributed by atoms with Crippen molar-refractivity contribution in [1.29, 1.82) is 0 Å². The summed E-state index contributed by atoms with van der Waals surface area (Å²) >= 11 is 0. The van der Waals surface area contributed by atoms with Crippen molar-refractivity contribution in [3.05, 3.63) is 52.9 Å². The van der Waals surface area contributed by atoms with Crippen molar-refractivity contribution in [1.82, 2.24) is 14.9 Å². The van der Waals surface area contributed by atoms with Crippen LogP contribution in [-0.2, 0) is 13.0 Å². The summed E-state index contributed by atoms with van der Waals surface area (Å²) in [5, 5.41) is 0. The van der Waals surface area contributed by atoms with E-state index in [1.54, 1.807) is 11.1 Å². The van der Waals surface area contributed by atoms with Crippen LogP contribution in [0.25, 0.3) is 11.4 Å². The molecule has 2 N–H and O–H groups in total. The zero-order chi connectivity index (χ0) is 19.0. The van der Waals surface area contributed by atoms with Gasteiger partial charge in [-0.15, -0.1) is 0 Å². The van der Waals surface area contributed by atoms with E-state index < -0.39 is 0 Å². The Morgan fingerprint density at radius 3 is 2.67 bits per heavy atom. The minimum absolute atomic E-state index is 0.331. The average Bonchev–Trinajstić information content (AvgIpc) is 2.65. The first-order valence-electron chi connectivity index (χ1n) is 10.0. The molecule has 1 aromatic carbocycles. The number of nitrogens with zero attached hydrogens (tertiary/aromatic N) is 3. The van der Waals surface area contributed by atoms with Gasteiger partial charge >= 0.3 is 0 Å². The highest BCUT2D eigenvalue weighted by Gasteiger charge is 2.30. The Balaban J connectivity index is 1.51. The van der Waals surface area contributed by atoms with Crippen molar-refractivity contribution in [2.75, 3.05) is 18.8 Å². The Kier molecular flexibility index (Phi) is 4.77. The van der Waals surface area contributed by atoms with Crippen LogP contribution < -0.4 is 5.73 Å². The number of anilines is 1. The Labute approximate surface area is 162 Å². The van der Waals surface area contributed by atoms with Crippen LogP contribution in [0, 0.1) is 5.41 Å². The molecule has 0 fully saturated rings. The lowest BCUT2D eigenvalue weighted by atomic mass is 9.72. The molecule has 0 unspecified atom stereocenters. The molecule has 0 atom stereocenters. The topological polar surface area (TPSA) is 55.0 Å². The van der Waals surface area contributed by atoms with Crippen LogP contribution in [0.1, 0.15) is 51.3 Å². The largest absolute Gasteiger partial charge is 0.399 e. The second kappa shape index (κ2) is 7.08. The molecule has 0 radical (unpaired) electrons. The van der Waals surface area contributed by atoms with Gasteiger partial charge in [0, 0.05) is 49.1 Å². The molecule has 4 heteroatoms. The minimum Gasteiger partial charge on any atom is -0.399 e. The van der Waals surface area contributed by atoms with Crippen LogP contribution in [0.2, 0.25) is 0 Å². The van der Waals surface area contributed by atoms with E-state index in [-0.39, 0.29) is 0 Å². The van der Waals surface area contributed by atoms with Crippen LogP contribution in [0.3, 0.4) is 0 Å². The zero-order valence-electron chi connectivity index (χ0n) is 16.8. The van der Waals surface area contributed by atoms with Gasteiger partial charge in [-0.3, -0.25) is 4.90 Å². The van der Waals surface area contributed by atoms with Gasteiger partial charge in [0.25, 0.3) is 0 Å². The molecule has 0 spiro atoms. The fourth-order valence-corrected chi connectivity index (χ4v) is 4.53. The summed E-state index contributed by atoms with van der Waals surface area (Å²) in [7, 11) is 0. The van der Waals surface area contributed by atoms with Gasteiger partial charge < -0.3 is 5.73 Å². The van der Waals surface area contributed by atoms with Gasteiger partial charge in [-0.25, -0.2) is 9.97 Å². The van der Waals surface area contributed by atoms with Crippen molar-refractivity contribution >= 4 is 5.69 Å². The molecule has 4 rings (SSSR count). The first-order valence-corrected chi connectivity index (χ1v) is 10.0. The molecular formula is C23H30N4. The molecule has 2 heterocycles. The summed E-state index contributed by atoms with van der Waals surface area (Å²) in [5.74, 6) is 0.800. The summed E-state index contributed by atoms with van der Waals surface area (Å²) in [5.41, 5.74) is 13.6. The molecule has 1 aromatic heterocycles. The third-order valence-corrected chi connectivity index (χ3v) is 6.25. The molecule has 27 heavy (non-hydrogen) atoms. The molecule has 2 aliphatic rings. The van der Waals surface area contributed by atoms with Crippen molar-refractivity contribution in [3.8, 4) is 11.4 Å². The first-order chi connectivity index (χ1) is 12.9. The highest BCUT2D eigenvalue weighted by Crippen LogP contribution is 2.40. The quantitative estimate of drug-likeness (QED) is 0.640. The summed E-state index contributed by atoms with van der Waals surface area (Å²) in [4.78, 5) is 12.0. The average molecular weight is 363 g/mol. The number of rotatable bonds is 3. The molecule has 0 bridgehead atoms. The van der Waals surface area contributed by atoms with Crippen molar-refractivity contribution < 1.29 is 0 Å². The van der Waals surface area contributed by atoms with E-state index in [9.17, 15) is 0 Å². The van der Waals surface area contributed by atoms with Gasteiger partial charge in [0.15, 0.2) is 5.82 Å². The van der Waals surface area contributed by atoms with Crippen LogP contribution >= 0.6 is 0 Å².